The number of hydroxylamine groups is 1. The molecule has 0 amide bonds. The smallest absolute Gasteiger partial charge is 0.0957 e. The molecule has 0 saturated heterocycles. The number of hydrogen-bond donors (Lipinski definition) is 1. The Morgan fingerprint density at radius 1 is 1.50 bits per heavy atom. The molecule has 3 heterocycles. The molecule has 1 aromatic rings. The molecule has 0 fully saturated rings. The molecule has 5 heteroatoms. The lowest BCUT2D eigenvalue weighted by Crippen LogP contribution is -2.27. The minimum absolute atomic E-state index is 0.181. The lowest BCUT2D eigenvalue weighted by atomic mass is 10.1. The predicted octanol–water partition coefficient (Wildman–Crippen LogP) is 0.294. The summed E-state index contributed by atoms with van der Waals surface area (Å²) in [5, 5.41) is 4.71. The van der Waals surface area contributed by atoms with Crippen molar-refractivity contribution in [3.8, 4) is 0 Å². The summed E-state index contributed by atoms with van der Waals surface area (Å²) in [5.74, 6) is 0. The fourth-order valence-corrected chi connectivity index (χ4v) is 2.50. The van der Waals surface area contributed by atoms with Crippen LogP contribution in [0.15, 0.2) is 0 Å². The molecule has 1 aromatic heterocycles. The SMILES string of the molecule is CC1Cn2nc3c(c2CNO1)CN(C)CC3. The van der Waals surface area contributed by atoms with Crippen molar-refractivity contribution < 1.29 is 4.84 Å². The molecule has 1 atom stereocenters. The van der Waals surface area contributed by atoms with Crippen molar-refractivity contribution >= 4 is 0 Å². The molecule has 0 spiro atoms. The molecule has 2 aliphatic rings. The number of nitrogens with zero attached hydrogens (tertiary/aromatic N) is 3. The fraction of sp³-hybridized carbons (Fsp3) is 0.727. The Morgan fingerprint density at radius 3 is 3.25 bits per heavy atom. The summed E-state index contributed by atoms with van der Waals surface area (Å²) in [4.78, 5) is 7.78. The Hall–Kier alpha value is -0.910. The van der Waals surface area contributed by atoms with Gasteiger partial charge in [-0.2, -0.15) is 10.6 Å². The number of rotatable bonds is 0. The maximum Gasteiger partial charge on any atom is 0.0957 e. The third-order valence-electron chi connectivity index (χ3n) is 3.36. The highest BCUT2D eigenvalue weighted by Gasteiger charge is 2.25. The summed E-state index contributed by atoms with van der Waals surface area (Å²) >= 11 is 0. The maximum atomic E-state index is 5.44. The van der Waals surface area contributed by atoms with Crippen LogP contribution in [0.25, 0.3) is 0 Å². The average molecular weight is 222 g/mol. The molecule has 0 bridgehead atoms. The second kappa shape index (κ2) is 3.84. The van der Waals surface area contributed by atoms with Gasteiger partial charge in [-0.15, -0.1) is 0 Å². The molecule has 0 aliphatic carbocycles. The lowest BCUT2D eigenvalue weighted by Gasteiger charge is -2.22. The molecule has 88 valence electrons. The van der Waals surface area contributed by atoms with E-state index in [9.17, 15) is 0 Å². The zero-order chi connectivity index (χ0) is 11.1. The Bertz CT molecular complexity index is 401. The first-order valence-electron chi connectivity index (χ1n) is 5.88. The molecule has 5 nitrogen and oxygen atoms in total. The van der Waals surface area contributed by atoms with Gasteiger partial charge >= 0.3 is 0 Å². The number of aromatic nitrogens is 2. The number of likely N-dealkylation sites (N-methyl/N-ethyl adjacent to an activating group) is 1. The van der Waals surface area contributed by atoms with Crippen LogP contribution >= 0.6 is 0 Å². The van der Waals surface area contributed by atoms with Gasteiger partial charge in [0.1, 0.15) is 0 Å². The molecule has 3 rings (SSSR count). The van der Waals surface area contributed by atoms with Gasteiger partial charge in [0.25, 0.3) is 0 Å². The highest BCUT2D eigenvalue weighted by molar-refractivity contribution is 5.28. The summed E-state index contributed by atoms with van der Waals surface area (Å²) in [6, 6.07) is 0. The summed E-state index contributed by atoms with van der Waals surface area (Å²) in [5.41, 5.74) is 7.01. The van der Waals surface area contributed by atoms with Crippen molar-refractivity contribution in [1.29, 1.82) is 0 Å². The van der Waals surface area contributed by atoms with Crippen molar-refractivity contribution in [2.45, 2.75) is 39.1 Å². The van der Waals surface area contributed by atoms with Crippen LogP contribution < -0.4 is 5.48 Å². The second-order valence-electron chi connectivity index (χ2n) is 4.79. The van der Waals surface area contributed by atoms with Gasteiger partial charge in [0.15, 0.2) is 0 Å². The van der Waals surface area contributed by atoms with Gasteiger partial charge in [-0.05, 0) is 14.0 Å². The Kier molecular flexibility index (Phi) is 2.46. The summed E-state index contributed by atoms with van der Waals surface area (Å²) in [7, 11) is 2.16. The van der Waals surface area contributed by atoms with E-state index < -0.39 is 0 Å². The van der Waals surface area contributed by atoms with Crippen LogP contribution in [0.5, 0.6) is 0 Å². The standard InChI is InChI=1S/C11H18N4O/c1-8-6-15-11(5-12-16-8)9-7-14(2)4-3-10(9)13-15/h8,12H,3-7H2,1-2H3. The largest absolute Gasteiger partial charge is 0.302 e. The monoisotopic (exact) mass is 222 g/mol. The van der Waals surface area contributed by atoms with E-state index in [1.807, 2.05) is 0 Å². The molecule has 0 radical (unpaired) electrons. The first-order valence-corrected chi connectivity index (χ1v) is 5.88. The van der Waals surface area contributed by atoms with E-state index >= 15 is 0 Å². The summed E-state index contributed by atoms with van der Waals surface area (Å²) < 4.78 is 2.12. The molecule has 16 heavy (non-hydrogen) atoms. The summed E-state index contributed by atoms with van der Waals surface area (Å²) in [6.45, 7) is 5.80. The number of hydrogen-bond acceptors (Lipinski definition) is 4. The lowest BCUT2D eigenvalue weighted by molar-refractivity contribution is -0.0181. The third kappa shape index (κ3) is 1.65. The van der Waals surface area contributed by atoms with Crippen molar-refractivity contribution in [3.05, 3.63) is 17.0 Å². The topological polar surface area (TPSA) is 42.3 Å². The van der Waals surface area contributed by atoms with E-state index in [1.165, 1.54) is 17.0 Å². The van der Waals surface area contributed by atoms with Crippen molar-refractivity contribution in [1.82, 2.24) is 20.2 Å². The second-order valence-corrected chi connectivity index (χ2v) is 4.79. The predicted molar refractivity (Wildman–Crippen MR) is 59.7 cm³/mol. The fourth-order valence-electron chi connectivity index (χ4n) is 2.50. The van der Waals surface area contributed by atoms with Crippen molar-refractivity contribution in [2.24, 2.45) is 0 Å². The van der Waals surface area contributed by atoms with Gasteiger partial charge in [0.2, 0.25) is 0 Å². The van der Waals surface area contributed by atoms with Crippen LogP contribution in [0.3, 0.4) is 0 Å². The number of nitrogens with one attached hydrogen (secondary N) is 1. The molecule has 1 unspecified atom stereocenters. The zero-order valence-corrected chi connectivity index (χ0v) is 9.86. The van der Waals surface area contributed by atoms with Crippen LogP contribution in [0.2, 0.25) is 0 Å². The minimum Gasteiger partial charge on any atom is -0.302 e. The zero-order valence-electron chi connectivity index (χ0n) is 9.86. The van der Waals surface area contributed by atoms with E-state index in [2.05, 4.69) is 29.0 Å². The van der Waals surface area contributed by atoms with Crippen molar-refractivity contribution in [2.75, 3.05) is 13.6 Å². The Labute approximate surface area is 95.3 Å². The van der Waals surface area contributed by atoms with E-state index in [0.29, 0.717) is 0 Å². The van der Waals surface area contributed by atoms with E-state index in [-0.39, 0.29) is 6.10 Å². The molecule has 0 saturated carbocycles. The average Bonchev–Trinajstić information content (AvgIpc) is 2.46. The Balaban J connectivity index is 1.99. The van der Waals surface area contributed by atoms with E-state index in [1.54, 1.807) is 0 Å². The quantitative estimate of drug-likeness (QED) is 0.685. The van der Waals surface area contributed by atoms with Gasteiger partial charge in [-0.25, -0.2) is 0 Å². The third-order valence-corrected chi connectivity index (χ3v) is 3.36. The molecule has 0 aromatic carbocycles. The molecular formula is C11H18N4O. The van der Waals surface area contributed by atoms with Crippen LogP contribution in [-0.2, 0) is 30.9 Å². The van der Waals surface area contributed by atoms with Crippen molar-refractivity contribution in [3.63, 3.8) is 0 Å². The van der Waals surface area contributed by atoms with Crippen LogP contribution in [0, 0.1) is 0 Å². The van der Waals surface area contributed by atoms with Gasteiger partial charge < -0.3 is 4.90 Å². The van der Waals surface area contributed by atoms with Gasteiger partial charge in [0, 0.05) is 25.1 Å². The van der Waals surface area contributed by atoms with Crippen LogP contribution in [0.1, 0.15) is 23.9 Å². The maximum absolute atomic E-state index is 5.44. The van der Waals surface area contributed by atoms with E-state index in [0.717, 1.165) is 32.6 Å². The highest BCUT2D eigenvalue weighted by Crippen LogP contribution is 2.23. The molecule has 1 N–H and O–H groups in total. The highest BCUT2D eigenvalue weighted by atomic mass is 16.7. The first-order chi connectivity index (χ1) is 7.74. The van der Waals surface area contributed by atoms with Crippen LogP contribution in [0.4, 0.5) is 0 Å². The minimum atomic E-state index is 0.181. The Morgan fingerprint density at radius 2 is 2.38 bits per heavy atom. The van der Waals surface area contributed by atoms with E-state index in [4.69, 9.17) is 9.94 Å². The van der Waals surface area contributed by atoms with Gasteiger partial charge in [-0.3, -0.25) is 9.52 Å². The van der Waals surface area contributed by atoms with Crippen LogP contribution in [-0.4, -0.2) is 34.4 Å². The van der Waals surface area contributed by atoms with Gasteiger partial charge in [0.05, 0.1) is 30.6 Å². The van der Waals surface area contributed by atoms with Gasteiger partial charge in [-0.1, -0.05) is 0 Å². The first kappa shape index (κ1) is 10.3. The normalized spacial score (nSPS) is 26.0. The molecule has 2 aliphatic heterocycles. The number of fused-ring (bicyclic) bond motifs is 3. The molecular weight excluding hydrogens is 204 g/mol. The summed E-state index contributed by atoms with van der Waals surface area (Å²) in [6.07, 6.45) is 1.25.